The smallest absolute Gasteiger partial charge is 0.315 e. The molecule has 22 heavy (non-hydrogen) atoms. The molecule has 1 heterocycles. The van der Waals surface area contributed by atoms with Gasteiger partial charge in [0.15, 0.2) is 0 Å². The van der Waals surface area contributed by atoms with Crippen molar-refractivity contribution < 1.29 is 9.90 Å². The number of hydrogen-bond donors (Lipinski definition) is 3. The van der Waals surface area contributed by atoms with Gasteiger partial charge >= 0.3 is 6.03 Å². The van der Waals surface area contributed by atoms with Crippen molar-refractivity contribution >= 4 is 6.03 Å². The molecule has 5 heteroatoms. The van der Waals surface area contributed by atoms with Crippen LogP contribution in [0.15, 0.2) is 30.3 Å². The molecule has 1 saturated heterocycles. The van der Waals surface area contributed by atoms with Gasteiger partial charge in [0.25, 0.3) is 0 Å². The Kier molecular flexibility index (Phi) is 6.68. The van der Waals surface area contributed by atoms with E-state index in [1.807, 2.05) is 30.3 Å². The van der Waals surface area contributed by atoms with Crippen molar-refractivity contribution in [3.05, 3.63) is 35.9 Å². The Morgan fingerprint density at radius 3 is 2.59 bits per heavy atom. The van der Waals surface area contributed by atoms with Crippen LogP contribution in [0, 0.1) is 0 Å². The summed E-state index contributed by atoms with van der Waals surface area (Å²) in [4.78, 5) is 14.6. The highest BCUT2D eigenvalue weighted by molar-refractivity contribution is 5.74. The van der Waals surface area contributed by atoms with Gasteiger partial charge in [-0.2, -0.15) is 0 Å². The maximum absolute atomic E-state index is 12.1. The van der Waals surface area contributed by atoms with Crippen LogP contribution in [0.1, 0.15) is 37.8 Å². The highest BCUT2D eigenvalue weighted by Gasteiger charge is 2.21. The third-order valence-electron chi connectivity index (χ3n) is 4.15. The molecule has 1 unspecified atom stereocenters. The van der Waals surface area contributed by atoms with Crippen LogP contribution in [0.2, 0.25) is 0 Å². The van der Waals surface area contributed by atoms with Gasteiger partial charge in [-0.3, -0.25) is 0 Å². The van der Waals surface area contributed by atoms with Gasteiger partial charge in [-0.1, -0.05) is 37.3 Å². The molecule has 0 saturated carbocycles. The lowest BCUT2D eigenvalue weighted by Crippen LogP contribution is -2.49. The number of amides is 2. The highest BCUT2D eigenvalue weighted by Crippen LogP contribution is 2.13. The molecule has 1 aromatic carbocycles. The molecule has 0 spiro atoms. The number of likely N-dealkylation sites (tertiary alicyclic amines) is 1. The molecule has 3 N–H and O–H groups in total. The van der Waals surface area contributed by atoms with Crippen molar-refractivity contribution in [2.75, 3.05) is 26.2 Å². The summed E-state index contributed by atoms with van der Waals surface area (Å²) in [5.74, 6) is 0. The lowest BCUT2D eigenvalue weighted by molar-refractivity contribution is 0.186. The van der Waals surface area contributed by atoms with Crippen molar-refractivity contribution in [3.63, 3.8) is 0 Å². The van der Waals surface area contributed by atoms with Gasteiger partial charge in [0.2, 0.25) is 0 Å². The standard InChI is InChI=1S/C17H27N3O2/c1-2-10-20-11-8-15(9-12-20)18-17(22)19-16(13-21)14-6-4-3-5-7-14/h3-7,15-16,21H,2,8-13H2,1H3,(H2,18,19,22). The van der Waals surface area contributed by atoms with Crippen molar-refractivity contribution in [3.8, 4) is 0 Å². The maximum atomic E-state index is 12.1. The van der Waals surface area contributed by atoms with E-state index in [2.05, 4.69) is 22.5 Å². The second-order valence-corrected chi connectivity index (χ2v) is 5.88. The second kappa shape index (κ2) is 8.76. The summed E-state index contributed by atoms with van der Waals surface area (Å²) < 4.78 is 0. The van der Waals surface area contributed by atoms with E-state index in [-0.39, 0.29) is 24.7 Å². The van der Waals surface area contributed by atoms with E-state index >= 15 is 0 Å². The number of rotatable bonds is 6. The maximum Gasteiger partial charge on any atom is 0.315 e. The van der Waals surface area contributed by atoms with Crippen LogP contribution in [-0.2, 0) is 0 Å². The molecule has 5 nitrogen and oxygen atoms in total. The Morgan fingerprint density at radius 2 is 2.00 bits per heavy atom. The van der Waals surface area contributed by atoms with Gasteiger partial charge < -0.3 is 20.6 Å². The number of aliphatic hydroxyl groups is 1. The molecule has 2 amide bonds. The number of aliphatic hydroxyl groups excluding tert-OH is 1. The minimum absolute atomic E-state index is 0.105. The van der Waals surface area contributed by atoms with Crippen molar-refractivity contribution in [2.24, 2.45) is 0 Å². The average molecular weight is 305 g/mol. The molecule has 1 aromatic rings. The fourth-order valence-corrected chi connectivity index (χ4v) is 2.92. The highest BCUT2D eigenvalue weighted by atomic mass is 16.3. The lowest BCUT2D eigenvalue weighted by atomic mass is 10.0. The Balaban J connectivity index is 1.78. The Bertz CT molecular complexity index is 444. The second-order valence-electron chi connectivity index (χ2n) is 5.88. The number of hydrogen-bond acceptors (Lipinski definition) is 3. The lowest BCUT2D eigenvalue weighted by Gasteiger charge is -2.32. The van der Waals surface area contributed by atoms with Crippen molar-refractivity contribution in [2.45, 2.75) is 38.3 Å². The van der Waals surface area contributed by atoms with E-state index in [4.69, 9.17) is 0 Å². The zero-order chi connectivity index (χ0) is 15.8. The van der Waals surface area contributed by atoms with Crippen molar-refractivity contribution in [1.29, 1.82) is 0 Å². The van der Waals surface area contributed by atoms with Crippen LogP contribution in [0.5, 0.6) is 0 Å². The summed E-state index contributed by atoms with van der Waals surface area (Å²) in [6, 6.07) is 9.21. The first-order valence-corrected chi connectivity index (χ1v) is 8.18. The fourth-order valence-electron chi connectivity index (χ4n) is 2.92. The summed E-state index contributed by atoms with van der Waals surface area (Å²) in [6.07, 6.45) is 3.15. The van der Waals surface area contributed by atoms with Crippen LogP contribution < -0.4 is 10.6 Å². The number of urea groups is 1. The number of nitrogens with zero attached hydrogens (tertiary/aromatic N) is 1. The van der Waals surface area contributed by atoms with Gasteiger partial charge in [-0.15, -0.1) is 0 Å². The Morgan fingerprint density at radius 1 is 1.32 bits per heavy atom. The Hall–Kier alpha value is -1.59. The van der Waals surface area contributed by atoms with Gasteiger partial charge in [0, 0.05) is 19.1 Å². The third-order valence-corrected chi connectivity index (χ3v) is 4.15. The van der Waals surface area contributed by atoms with Crippen LogP contribution in [0.3, 0.4) is 0 Å². The van der Waals surface area contributed by atoms with Crippen LogP contribution in [-0.4, -0.2) is 48.3 Å². The first kappa shape index (κ1) is 16.8. The number of carbonyl (C=O) groups is 1. The summed E-state index contributed by atoms with van der Waals surface area (Å²) in [5.41, 5.74) is 0.915. The normalized spacial score (nSPS) is 17.9. The SMILES string of the molecule is CCCN1CCC(NC(=O)NC(CO)c2ccccc2)CC1. The van der Waals surface area contributed by atoms with E-state index in [0.29, 0.717) is 0 Å². The van der Waals surface area contributed by atoms with Crippen LogP contribution in [0.4, 0.5) is 4.79 Å². The van der Waals surface area contributed by atoms with Gasteiger partial charge in [-0.05, 0) is 31.4 Å². The van der Waals surface area contributed by atoms with Crippen LogP contribution in [0.25, 0.3) is 0 Å². The molecule has 1 aliphatic heterocycles. The summed E-state index contributed by atoms with van der Waals surface area (Å²) >= 11 is 0. The molecule has 2 rings (SSSR count). The first-order chi connectivity index (χ1) is 10.7. The average Bonchev–Trinajstić information content (AvgIpc) is 2.55. The third kappa shape index (κ3) is 5.00. The molecule has 1 atom stereocenters. The first-order valence-electron chi connectivity index (χ1n) is 8.18. The number of piperidine rings is 1. The molecule has 1 aliphatic rings. The largest absolute Gasteiger partial charge is 0.394 e. The summed E-state index contributed by atoms with van der Waals surface area (Å²) in [5, 5.41) is 15.4. The molecular weight excluding hydrogens is 278 g/mol. The molecule has 0 aromatic heterocycles. The quantitative estimate of drug-likeness (QED) is 0.752. The minimum atomic E-state index is -0.360. The Labute approximate surface area is 132 Å². The topological polar surface area (TPSA) is 64.6 Å². The molecule has 122 valence electrons. The minimum Gasteiger partial charge on any atom is -0.394 e. The van der Waals surface area contributed by atoms with Gasteiger partial charge in [0.05, 0.1) is 12.6 Å². The molecule has 1 fully saturated rings. The van der Waals surface area contributed by atoms with Gasteiger partial charge in [0.1, 0.15) is 0 Å². The predicted molar refractivity (Wildman–Crippen MR) is 87.7 cm³/mol. The van der Waals surface area contributed by atoms with E-state index < -0.39 is 0 Å². The van der Waals surface area contributed by atoms with Crippen LogP contribution >= 0.6 is 0 Å². The van der Waals surface area contributed by atoms with Gasteiger partial charge in [-0.25, -0.2) is 4.79 Å². The molecule has 0 bridgehead atoms. The number of carbonyl (C=O) groups excluding carboxylic acids is 1. The molecule has 0 radical (unpaired) electrons. The summed E-state index contributed by atoms with van der Waals surface area (Å²) in [6.45, 7) is 5.31. The zero-order valence-corrected chi connectivity index (χ0v) is 13.3. The summed E-state index contributed by atoms with van der Waals surface area (Å²) in [7, 11) is 0. The molecule has 0 aliphatic carbocycles. The fraction of sp³-hybridized carbons (Fsp3) is 0.588. The zero-order valence-electron chi connectivity index (χ0n) is 13.3. The van der Waals surface area contributed by atoms with E-state index in [1.54, 1.807) is 0 Å². The number of nitrogens with one attached hydrogen (secondary N) is 2. The predicted octanol–water partition coefficient (Wildman–Crippen LogP) is 1.89. The number of benzene rings is 1. The van der Waals surface area contributed by atoms with Crippen molar-refractivity contribution in [1.82, 2.24) is 15.5 Å². The molecular formula is C17H27N3O2. The van der Waals surface area contributed by atoms with E-state index in [1.165, 1.54) is 6.42 Å². The monoisotopic (exact) mass is 305 g/mol. The van der Waals surface area contributed by atoms with E-state index in [0.717, 1.165) is 38.0 Å². The van der Waals surface area contributed by atoms with E-state index in [9.17, 15) is 9.90 Å².